The number of hydrogen-bond donors (Lipinski definition) is 1. The number of nitriles is 1. The van der Waals surface area contributed by atoms with Crippen molar-refractivity contribution in [2.45, 2.75) is 108 Å². The van der Waals surface area contributed by atoms with Crippen molar-refractivity contribution in [1.82, 2.24) is 14.9 Å². The van der Waals surface area contributed by atoms with Crippen molar-refractivity contribution < 1.29 is 28.1 Å². The minimum Gasteiger partial charge on any atom is -0.461 e. The highest BCUT2D eigenvalue weighted by molar-refractivity contribution is 5.85. The van der Waals surface area contributed by atoms with Gasteiger partial charge < -0.3 is 23.8 Å². The van der Waals surface area contributed by atoms with Gasteiger partial charge in [-0.25, -0.2) is 9.18 Å². The van der Waals surface area contributed by atoms with Crippen molar-refractivity contribution in [3.63, 3.8) is 0 Å². The van der Waals surface area contributed by atoms with E-state index in [1.807, 2.05) is 32.9 Å². The molecule has 5 aliphatic rings. The van der Waals surface area contributed by atoms with Gasteiger partial charge in [0.15, 0.2) is 0 Å². The summed E-state index contributed by atoms with van der Waals surface area (Å²) in [4.78, 5) is 27.0. The maximum absolute atomic E-state index is 14.5. The standard InChI is InChI=1S/C35H45FN6O5/c1-33(2,3)47-32(43)38-25-8-7-23-6-4-11-35(28(23)16-25)18-29-27(21-46-35)30(41-14-15-44-26(20-41)9-12-37)40-31(39-29)45-22-34-10-5-13-42(34)19-24(36)17-34/h7-8,16,24,26H,4-6,9-11,13-15,17-22H2,1-3H3,(H,38,43)/t24-,26+,34+,35+/m1/s1. The van der Waals surface area contributed by atoms with Crippen LogP contribution in [0.15, 0.2) is 18.2 Å². The second-order valence-electron chi connectivity index (χ2n) is 14.7. The number of halogens is 1. The van der Waals surface area contributed by atoms with E-state index < -0.39 is 23.5 Å². The Morgan fingerprint density at radius 2 is 2.09 bits per heavy atom. The number of amides is 1. The van der Waals surface area contributed by atoms with E-state index in [2.05, 4.69) is 27.3 Å². The lowest BCUT2D eigenvalue weighted by Crippen LogP contribution is -2.45. The van der Waals surface area contributed by atoms with Crippen LogP contribution in [0, 0.1) is 11.3 Å². The third-order valence-corrected chi connectivity index (χ3v) is 10.3. The zero-order valence-corrected chi connectivity index (χ0v) is 27.6. The monoisotopic (exact) mass is 648 g/mol. The van der Waals surface area contributed by atoms with Crippen molar-refractivity contribution in [2.24, 2.45) is 0 Å². The molecule has 0 saturated carbocycles. The Balaban J connectivity index is 1.21. The summed E-state index contributed by atoms with van der Waals surface area (Å²) in [6.07, 6.45) is 4.35. The van der Waals surface area contributed by atoms with E-state index in [0.717, 1.165) is 61.3 Å². The van der Waals surface area contributed by atoms with Gasteiger partial charge in [-0.15, -0.1) is 0 Å². The lowest BCUT2D eigenvalue weighted by Gasteiger charge is -2.43. The molecule has 0 unspecified atom stereocenters. The Hall–Kier alpha value is -3.53. The zero-order chi connectivity index (χ0) is 32.8. The van der Waals surface area contributed by atoms with Crippen LogP contribution in [0.5, 0.6) is 6.01 Å². The summed E-state index contributed by atoms with van der Waals surface area (Å²) >= 11 is 0. The molecule has 1 N–H and O–H groups in total. The predicted octanol–water partition coefficient (Wildman–Crippen LogP) is 5.20. The van der Waals surface area contributed by atoms with Gasteiger partial charge >= 0.3 is 12.1 Å². The van der Waals surface area contributed by atoms with Crippen LogP contribution in [-0.4, -0.2) is 83.8 Å². The molecule has 1 aliphatic carbocycles. The number of rotatable bonds is 6. The predicted molar refractivity (Wildman–Crippen MR) is 172 cm³/mol. The molecule has 5 heterocycles. The van der Waals surface area contributed by atoms with E-state index in [0.29, 0.717) is 70.4 Å². The fraction of sp³-hybridized carbons (Fsp3) is 0.657. The van der Waals surface area contributed by atoms with Crippen LogP contribution in [-0.2, 0) is 39.3 Å². The van der Waals surface area contributed by atoms with Crippen LogP contribution < -0.4 is 15.0 Å². The first-order valence-corrected chi connectivity index (χ1v) is 17.0. The van der Waals surface area contributed by atoms with Gasteiger partial charge in [-0.3, -0.25) is 10.2 Å². The molecule has 7 rings (SSSR count). The summed E-state index contributed by atoms with van der Waals surface area (Å²) < 4.78 is 39.1. The number of aromatic nitrogens is 2. The second-order valence-corrected chi connectivity index (χ2v) is 14.7. The highest BCUT2D eigenvalue weighted by atomic mass is 19.1. The number of alkyl halides is 1. The first kappa shape index (κ1) is 32.0. The first-order valence-electron chi connectivity index (χ1n) is 17.0. The number of carbonyl (C=O) groups excluding carboxylic acids is 1. The third kappa shape index (κ3) is 6.50. The number of anilines is 2. The van der Waals surface area contributed by atoms with Gasteiger partial charge in [-0.2, -0.15) is 15.2 Å². The molecule has 11 nitrogen and oxygen atoms in total. The minimum absolute atomic E-state index is 0.216. The molecular formula is C35H45FN6O5. The number of benzene rings is 1. The average molecular weight is 649 g/mol. The molecule has 3 saturated heterocycles. The Morgan fingerprint density at radius 3 is 2.91 bits per heavy atom. The van der Waals surface area contributed by atoms with Gasteiger partial charge in [0, 0.05) is 43.7 Å². The topological polar surface area (TPSA) is 122 Å². The quantitative estimate of drug-likeness (QED) is 0.447. The van der Waals surface area contributed by atoms with Crippen molar-refractivity contribution >= 4 is 17.6 Å². The highest BCUT2D eigenvalue weighted by Gasteiger charge is 2.50. The molecule has 12 heteroatoms. The molecule has 1 amide bonds. The average Bonchev–Trinajstić information content (AvgIpc) is 3.55. The molecule has 4 aliphatic heterocycles. The van der Waals surface area contributed by atoms with Gasteiger partial charge in [0.05, 0.1) is 48.6 Å². The van der Waals surface area contributed by atoms with Gasteiger partial charge in [-0.1, -0.05) is 6.07 Å². The number of morpholine rings is 1. The third-order valence-electron chi connectivity index (χ3n) is 10.3. The maximum Gasteiger partial charge on any atom is 0.412 e. The SMILES string of the molecule is CC(C)(C)OC(=O)Nc1ccc2c(c1)[C@]1(CCC2)Cc2nc(OC[C@@]34CCCN3C[C@H](F)C4)nc(N3CCO[C@@H](CC#N)C3)c2CO1. The molecule has 0 bridgehead atoms. The number of carbonyl (C=O) groups is 1. The lowest BCUT2D eigenvalue weighted by molar-refractivity contribution is -0.0856. The molecule has 1 aromatic heterocycles. The zero-order valence-electron chi connectivity index (χ0n) is 27.6. The number of fused-ring (bicyclic) bond motifs is 4. The van der Waals surface area contributed by atoms with Crippen LogP contribution in [0.2, 0.25) is 0 Å². The van der Waals surface area contributed by atoms with Gasteiger partial charge in [0.25, 0.3) is 0 Å². The van der Waals surface area contributed by atoms with E-state index in [1.54, 1.807) is 0 Å². The van der Waals surface area contributed by atoms with E-state index >= 15 is 0 Å². The Kier molecular flexibility index (Phi) is 8.51. The number of ether oxygens (including phenoxy) is 4. The summed E-state index contributed by atoms with van der Waals surface area (Å²) in [5.74, 6) is 0.748. The number of nitrogens with zero attached hydrogens (tertiary/aromatic N) is 5. The van der Waals surface area contributed by atoms with Gasteiger partial charge in [0.1, 0.15) is 24.2 Å². The molecule has 1 spiro atoms. The van der Waals surface area contributed by atoms with Crippen molar-refractivity contribution in [3.05, 3.63) is 40.6 Å². The lowest BCUT2D eigenvalue weighted by atomic mass is 9.74. The largest absolute Gasteiger partial charge is 0.461 e. The van der Waals surface area contributed by atoms with Crippen LogP contribution in [0.3, 0.4) is 0 Å². The van der Waals surface area contributed by atoms with E-state index in [1.165, 1.54) is 5.56 Å². The van der Waals surface area contributed by atoms with E-state index in [9.17, 15) is 14.4 Å². The van der Waals surface area contributed by atoms with Crippen LogP contribution in [0.1, 0.15) is 81.7 Å². The van der Waals surface area contributed by atoms with Crippen LogP contribution in [0.4, 0.5) is 20.7 Å². The van der Waals surface area contributed by atoms with E-state index in [-0.39, 0.29) is 11.6 Å². The normalized spacial score (nSPS) is 28.7. The Labute approximate surface area is 275 Å². The summed E-state index contributed by atoms with van der Waals surface area (Å²) in [5.41, 5.74) is 3.12. The Morgan fingerprint density at radius 1 is 1.21 bits per heavy atom. The summed E-state index contributed by atoms with van der Waals surface area (Å²) in [7, 11) is 0. The van der Waals surface area contributed by atoms with Crippen molar-refractivity contribution in [3.8, 4) is 12.1 Å². The highest BCUT2D eigenvalue weighted by Crippen LogP contribution is 2.47. The van der Waals surface area contributed by atoms with Gasteiger partial charge in [0.2, 0.25) is 0 Å². The summed E-state index contributed by atoms with van der Waals surface area (Å²) in [6.45, 7) is 9.16. The van der Waals surface area contributed by atoms with Crippen LogP contribution >= 0.6 is 0 Å². The maximum atomic E-state index is 14.5. The fourth-order valence-electron chi connectivity index (χ4n) is 8.18. The minimum atomic E-state index is -0.845. The molecule has 0 radical (unpaired) electrons. The molecule has 1 aromatic carbocycles. The van der Waals surface area contributed by atoms with Crippen LogP contribution in [0.25, 0.3) is 0 Å². The van der Waals surface area contributed by atoms with Gasteiger partial charge in [-0.05, 0) is 82.7 Å². The summed E-state index contributed by atoms with van der Waals surface area (Å²) in [6, 6.07) is 8.52. The number of aryl methyl sites for hydroxylation is 1. The molecule has 3 fully saturated rings. The van der Waals surface area contributed by atoms with Crippen molar-refractivity contribution in [2.75, 3.05) is 49.6 Å². The Bertz CT molecular complexity index is 1560. The second kappa shape index (κ2) is 12.5. The first-order chi connectivity index (χ1) is 22.5. The molecule has 47 heavy (non-hydrogen) atoms. The fourth-order valence-corrected chi connectivity index (χ4v) is 8.18. The molecule has 252 valence electrons. The number of nitrogens with one attached hydrogen (secondary N) is 1. The number of hydrogen-bond acceptors (Lipinski definition) is 10. The molecule has 4 atom stereocenters. The van der Waals surface area contributed by atoms with Crippen molar-refractivity contribution in [1.29, 1.82) is 5.26 Å². The molecule has 2 aromatic rings. The molecular weight excluding hydrogens is 603 g/mol. The smallest absolute Gasteiger partial charge is 0.412 e. The summed E-state index contributed by atoms with van der Waals surface area (Å²) in [5, 5.41) is 12.2. The van der Waals surface area contributed by atoms with E-state index in [4.69, 9.17) is 28.9 Å².